The van der Waals surface area contributed by atoms with Gasteiger partial charge < -0.3 is 9.84 Å². The molecule has 0 bridgehead atoms. The molecule has 5 rings (SSSR count). The van der Waals surface area contributed by atoms with E-state index in [1.807, 2.05) is 43.7 Å². The van der Waals surface area contributed by atoms with Crippen molar-refractivity contribution in [3.63, 3.8) is 0 Å². The molecule has 2 atom stereocenters. The van der Waals surface area contributed by atoms with Gasteiger partial charge in [-0.3, -0.25) is 4.98 Å². The van der Waals surface area contributed by atoms with Crippen LogP contribution in [0.1, 0.15) is 71.1 Å². The molecule has 1 aromatic heterocycles. The molecule has 0 aliphatic heterocycles. The molecule has 1 heterocycles. The summed E-state index contributed by atoms with van der Waals surface area (Å²) >= 11 is 6.53. The number of nitrogens with zero attached hydrogens (tertiary/aromatic N) is 2. The molecule has 2 aliphatic carbocycles. The number of fused-ring (bicyclic) bond motifs is 1. The fraction of sp³-hybridized carbons (Fsp3) is 0.345. The minimum Gasteiger partial charge on any atom is -0.449 e. The number of carboxylic acid groups (broad SMARTS) is 1. The van der Waals surface area contributed by atoms with Gasteiger partial charge in [0.2, 0.25) is 0 Å². The summed E-state index contributed by atoms with van der Waals surface area (Å²) in [6.45, 7) is 0. The predicted octanol–water partition coefficient (Wildman–Crippen LogP) is 6.79. The van der Waals surface area contributed by atoms with E-state index < -0.39 is 6.16 Å². The molecule has 1 amide bonds. The van der Waals surface area contributed by atoms with Gasteiger partial charge in [-0.1, -0.05) is 29.8 Å². The van der Waals surface area contributed by atoms with Crippen LogP contribution in [0.15, 0.2) is 67.0 Å². The van der Waals surface area contributed by atoms with Crippen molar-refractivity contribution in [1.29, 1.82) is 0 Å². The SMILES string of the molecule is C[N+](C(=O)c1ccccc1Cl)(C1CCC(c2ccncc2)CC1)[C@@H]1CCc2ccc(OC(=O)O)cc21. The van der Waals surface area contributed by atoms with Gasteiger partial charge in [0.1, 0.15) is 11.8 Å². The second kappa shape index (κ2) is 10.0. The normalized spacial score (nSPS) is 22.9. The number of halogens is 1. The number of hydrogen-bond acceptors (Lipinski definition) is 4. The third kappa shape index (κ3) is 4.51. The molecule has 1 fully saturated rings. The monoisotopic (exact) mass is 505 g/mol. The molecule has 3 aromatic rings. The molecule has 2 aromatic carbocycles. The molecule has 0 radical (unpaired) electrons. The van der Waals surface area contributed by atoms with E-state index in [4.69, 9.17) is 21.4 Å². The maximum Gasteiger partial charge on any atom is 0.511 e. The minimum atomic E-state index is -1.34. The van der Waals surface area contributed by atoms with Crippen LogP contribution in [0.3, 0.4) is 0 Å². The number of aromatic nitrogens is 1. The van der Waals surface area contributed by atoms with Crippen LogP contribution < -0.4 is 4.74 Å². The lowest BCUT2D eigenvalue weighted by Gasteiger charge is -2.46. The van der Waals surface area contributed by atoms with Crippen molar-refractivity contribution in [3.05, 3.63) is 94.3 Å². The molecular weight excluding hydrogens is 476 g/mol. The lowest BCUT2D eigenvalue weighted by Crippen LogP contribution is -2.58. The number of ether oxygens (including phenoxy) is 1. The van der Waals surface area contributed by atoms with Crippen LogP contribution in [0.4, 0.5) is 4.79 Å². The molecule has 1 N–H and O–H groups in total. The molecule has 0 saturated heterocycles. The van der Waals surface area contributed by atoms with E-state index in [0.717, 1.165) is 49.7 Å². The van der Waals surface area contributed by atoms with Crippen molar-refractivity contribution in [3.8, 4) is 5.75 Å². The first-order chi connectivity index (χ1) is 17.4. The average Bonchev–Trinajstić information content (AvgIpc) is 3.32. The predicted molar refractivity (Wildman–Crippen MR) is 137 cm³/mol. The van der Waals surface area contributed by atoms with Crippen molar-refractivity contribution < 1.29 is 23.9 Å². The van der Waals surface area contributed by atoms with Crippen molar-refractivity contribution in [2.45, 2.75) is 56.5 Å². The van der Waals surface area contributed by atoms with E-state index >= 15 is 0 Å². The van der Waals surface area contributed by atoms with Gasteiger partial charge in [-0.25, -0.2) is 14.1 Å². The van der Waals surface area contributed by atoms with Crippen LogP contribution in [-0.4, -0.2) is 39.7 Å². The lowest BCUT2D eigenvalue weighted by atomic mass is 9.79. The van der Waals surface area contributed by atoms with Crippen molar-refractivity contribution >= 4 is 23.7 Å². The first-order valence-electron chi connectivity index (χ1n) is 12.5. The molecule has 2 aliphatic rings. The van der Waals surface area contributed by atoms with Crippen LogP contribution in [-0.2, 0) is 6.42 Å². The molecule has 7 heteroatoms. The number of carbonyl (C=O) groups is 2. The molecule has 36 heavy (non-hydrogen) atoms. The fourth-order valence-electron chi connectivity index (χ4n) is 6.32. The van der Waals surface area contributed by atoms with Gasteiger partial charge >= 0.3 is 12.1 Å². The van der Waals surface area contributed by atoms with E-state index in [-0.39, 0.29) is 28.2 Å². The van der Waals surface area contributed by atoms with E-state index in [1.165, 1.54) is 5.56 Å². The molecular formula is C29H30ClN2O4+. The summed E-state index contributed by atoms with van der Waals surface area (Å²) in [5, 5.41) is 9.59. The highest BCUT2D eigenvalue weighted by Gasteiger charge is 2.51. The second-order valence-corrected chi connectivity index (χ2v) is 10.4. The number of carbonyl (C=O) groups excluding carboxylic acids is 1. The summed E-state index contributed by atoms with van der Waals surface area (Å²) in [6, 6.07) is 16.9. The molecule has 0 spiro atoms. The Balaban J connectivity index is 1.52. The van der Waals surface area contributed by atoms with Gasteiger partial charge in [-0.2, -0.15) is 0 Å². The number of pyridine rings is 1. The highest BCUT2D eigenvalue weighted by molar-refractivity contribution is 6.33. The average molecular weight is 506 g/mol. The van der Waals surface area contributed by atoms with Gasteiger partial charge in [-0.05, 0) is 72.7 Å². The molecule has 186 valence electrons. The number of amides is 1. The summed E-state index contributed by atoms with van der Waals surface area (Å²) in [6.07, 6.45) is 7.81. The topological polar surface area (TPSA) is 76.5 Å². The highest BCUT2D eigenvalue weighted by atomic mass is 35.5. The first kappa shape index (κ1) is 24.5. The first-order valence-corrected chi connectivity index (χ1v) is 12.8. The Morgan fingerprint density at radius 1 is 1.00 bits per heavy atom. The largest absolute Gasteiger partial charge is 0.511 e. The maximum atomic E-state index is 14.4. The Hall–Kier alpha value is -3.22. The van der Waals surface area contributed by atoms with Gasteiger partial charge in [0.05, 0.1) is 23.7 Å². The van der Waals surface area contributed by atoms with Gasteiger partial charge in [0.15, 0.2) is 0 Å². The Labute approximate surface area is 216 Å². The molecule has 1 unspecified atom stereocenters. The summed E-state index contributed by atoms with van der Waals surface area (Å²) in [5.74, 6) is 0.751. The second-order valence-electron chi connectivity index (χ2n) is 10.0. The zero-order valence-corrected chi connectivity index (χ0v) is 21.0. The third-order valence-electron chi connectivity index (χ3n) is 8.19. The number of aryl methyl sites for hydroxylation is 1. The third-order valence-corrected chi connectivity index (χ3v) is 8.52. The van der Waals surface area contributed by atoms with Crippen molar-refractivity contribution in [2.75, 3.05) is 7.05 Å². The number of quaternary nitrogens is 1. The Morgan fingerprint density at radius 3 is 2.42 bits per heavy atom. The van der Waals surface area contributed by atoms with Crippen molar-refractivity contribution in [1.82, 2.24) is 4.98 Å². The van der Waals surface area contributed by atoms with Crippen LogP contribution in [0.5, 0.6) is 5.75 Å². The van der Waals surface area contributed by atoms with Gasteiger partial charge in [0, 0.05) is 37.2 Å². The van der Waals surface area contributed by atoms with E-state index in [1.54, 1.807) is 18.2 Å². The van der Waals surface area contributed by atoms with E-state index in [2.05, 4.69) is 17.1 Å². The zero-order valence-electron chi connectivity index (χ0n) is 20.3. The Kier molecular flexibility index (Phi) is 6.82. The zero-order chi connectivity index (χ0) is 25.3. The molecule has 6 nitrogen and oxygen atoms in total. The fourth-order valence-corrected chi connectivity index (χ4v) is 6.53. The van der Waals surface area contributed by atoms with Gasteiger partial charge in [0.25, 0.3) is 0 Å². The highest BCUT2D eigenvalue weighted by Crippen LogP contribution is 2.48. The van der Waals surface area contributed by atoms with Crippen LogP contribution >= 0.6 is 11.6 Å². The Morgan fingerprint density at radius 2 is 1.72 bits per heavy atom. The smallest absolute Gasteiger partial charge is 0.449 e. The number of rotatable bonds is 5. The number of benzene rings is 2. The van der Waals surface area contributed by atoms with Crippen LogP contribution in [0.2, 0.25) is 5.02 Å². The van der Waals surface area contributed by atoms with Gasteiger partial charge in [-0.15, -0.1) is 0 Å². The quantitative estimate of drug-likeness (QED) is 0.234. The summed E-state index contributed by atoms with van der Waals surface area (Å²) in [7, 11) is 2.05. The minimum absolute atomic E-state index is 0.00960. The lowest BCUT2D eigenvalue weighted by molar-refractivity contribution is -0.887. The summed E-state index contributed by atoms with van der Waals surface area (Å²) < 4.78 is 5.19. The van der Waals surface area contributed by atoms with E-state index in [0.29, 0.717) is 16.5 Å². The Bertz CT molecular complexity index is 1270. The van der Waals surface area contributed by atoms with Crippen LogP contribution in [0.25, 0.3) is 0 Å². The maximum absolute atomic E-state index is 14.4. The summed E-state index contributed by atoms with van der Waals surface area (Å²) in [5.41, 5.74) is 3.97. The van der Waals surface area contributed by atoms with Crippen molar-refractivity contribution in [2.24, 2.45) is 0 Å². The standard InChI is InChI=1S/C29H29ClN2O4/c1-32(28(33)24-4-2-3-5-26(24)30,22-10-6-19(7-11-22)20-14-16-31-17-15-20)27-13-9-21-8-12-23(18-25(21)27)36-29(34)35/h2-5,8,12,14-19,22,27H,6-7,9-11,13H2,1H3/p+1/t19?,22?,27-,32?/m1/s1. The van der Waals surface area contributed by atoms with Crippen LogP contribution in [0, 0.1) is 0 Å². The van der Waals surface area contributed by atoms with E-state index in [9.17, 15) is 9.59 Å². The number of hydrogen-bond donors (Lipinski definition) is 1. The summed E-state index contributed by atoms with van der Waals surface area (Å²) in [4.78, 5) is 29.7. The molecule has 1 saturated carbocycles.